The molecule has 0 saturated carbocycles. The second kappa shape index (κ2) is 6.76. The molecule has 1 aromatic rings. The minimum Gasteiger partial charge on any atom is -0.455 e. The van der Waals surface area contributed by atoms with Gasteiger partial charge in [0.1, 0.15) is 11.2 Å². The van der Waals surface area contributed by atoms with Crippen LogP contribution in [0.4, 0.5) is 0 Å². The largest absolute Gasteiger partial charge is 0.455 e. The second-order valence-corrected chi connectivity index (χ2v) is 9.02. The molecule has 0 aliphatic heterocycles. The SMILES string of the molecule is CC(C)(N)CC(C)(C)Oc1nnc(OC(C)(C)CC(C)(C)N)nn1. The van der Waals surface area contributed by atoms with Gasteiger partial charge in [-0.3, -0.25) is 0 Å². The first kappa shape index (κ1) is 20.5. The number of nitrogens with zero attached hydrogens (tertiary/aromatic N) is 4. The van der Waals surface area contributed by atoms with Crippen molar-refractivity contribution in [2.75, 3.05) is 0 Å². The zero-order valence-corrected chi connectivity index (χ0v) is 16.2. The maximum Gasteiger partial charge on any atom is 0.355 e. The van der Waals surface area contributed by atoms with E-state index in [1.807, 2.05) is 55.4 Å². The summed E-state index contributed by atoms with van der Waals surface area (Å²) >= 11 is 0. The molecule has 0 radical (unpaired) electrons. The average molecular weight is 340 g/mol. The van der Waals surface area contributed by atoms with Crippen LogP contribution in [-0.2, 0) is 0 Å². The molecule has 0 bridgehead atoms. The van der Waals surface area contributed by atoms with E-state index in [4.69, 9.17) is 20.9 Å². The van der Waals surface area contributed by atoms with Crippen LogP contribution in [0.5, 0.6) is 12.0 Å². The van der Waals surface area contributed by atoms with Crippen LogP contribution in [0.2, 0.25) is 0 Å². The summed E-state index contributed by atoms with van der Waals surface area (Å²) in [6.07, 6.45) is 1.25. The van der Waals surface area contributed by atoms with Crippen molar-refractivity contribution >= 4 is 0 Å². The molecule has 0 amide bonds. The van der Waals surface area contributed by atoms with Crippen LogP contribution >= 0.6 is 0 Å². The molecule has 8 nitrogen and oxygen atoms in total. The van der Waals surface area contributed by atoms with Gasteiger partial charge < -0.3 is 20.9 Å². The summed E-state index contributed by atoms with van der Waals surface area (Å²) in [4.78, 5) is 0. The Kier molecular flexibility index (Phi) is 5.77. The summed E-state index contributed by atoms with van der Waals surface area (Å²) in [6.45, 7) is 15.4. The monoisotopic (exact) mass is 340 g/mol. The second-order valence-electron chi connectivity index (χ2n) is 9.02. The summed E-state index contributed by atoms with van der Waals surface area (Å²) in [6, 6.07) is 0.183. The van der Waals surface area contributed by atoms with Crippen molar-refractivity contribution in [3.8, 4) is 12.0 Å². The van der Waals surface area contributed by atoms with Crippen molar-refractivity contribution in [3.05, 3.63) is 0 Å². The van der Waals surface area contributed by atoms with E-state index in [-0.39, 0.29) is 23.1 Å². The van der Waals surface area contributed by atoms with Gasteiger partial charge in [-0.05, 0) is 55.4 Å². The predicted octanol–water partition coefficient (Wildman–Crippen LogP) is 1.84. The quantitative estimate of drug-likeness (QED) is 0.735. The van der Waals surface area contributed by atoms with Crippen LogP contribution in [-0.4, -0.2) is 42.7 Å². The van der Waals surface area contributed by atoms with Crippen molar-refractivity contribution in [1.82, 2.24) is 20.4 Å². The Balaban J connectivity index is 2.73. The van der Waals surface area contributed by atoms with Crippen molar-refractivity contribution in [2.24, 2.45) is 11.5 Å². The maximum atomic E-state index is 6.04. The van der Waals surface area contributed by atoms with Gasteiger partial charge in [0.15, 0.2) is 0 Å². The van der Waals surface area contributed by atoms with Crippen LogP contribution < -0.4 is 20.9 Å². The van der Waals surface area contributed by atoms with E-state index in [1.54, 1.807) is 0 Å². The van der Waals surface area contributed by atoms with Crippen molar-refractivity contribution in [2.45, 2.75) is 90.5 Å². The first-order chi connectivity index (χ1) is 10.6. The third-order valence-electron chi connectivity index (χ3n) is 2.94. The van der Waals surface area contributed by atoms with Crippen molar-refractivity contribution < 1.29 is 9.47 Å². The number of hydrogen-bond acceptors (Lipinski definition) is 8. The van der Waals surface area contributed by atoms with Crippen LogP contribution in [0.3, 0.4) is 0 Å². The normalized spacial score (nSPS) is 13.8. The third kappa shape index (κ3) is 8.35. The Hall–Kier alpha value is -1.54. The molecule has 0 aliphatic rings. The molecule has 0 aromatic carbocycles. The van der Waals surface area contributed by atoms with E-state index >= 15 is 0 Å². The lowest BCUT2D eigenvalue weighted by molar-refractivity contribution is 0.0519. The van der Waals surface area contributed by atoms with E-state index in [9.17, 15) is 0 Å². The molecule has 4 N–H and O–H groups in total. The van der Waals surface area contributed by atoms with Gasteiger partial charge in [-0.2, -0.15) is 0 Å². The minimum absolute atomic E-state index is 0.0913. The minimum atomic E-state index is -0.535. The Bertz CT molecular complexity index is 480. The van der Waals surface area contributed by atoms with Gasteiger partial charge in [0.05, 0.1) is 0 Å². The molecule has 0 aliphatic carbocycles. The molecule has 0 unspecified atom stereocenters. The maximum absolute atomic E-state index is 6.04. The van der Waals surface area contributed by atoms with Crippen LogP contribution in [0, 0.1) is 0 Å². The zero-order chi connectivity index (χ0) is 18.8. The lowest BCUT2D eigenvalue weighted by Gasteiger charge is -2.32. The highest BCUT2D eigenvalue weighted by molar-refractivity contribution is 4.97. The van der Waals surface area contributed by atoms with E-state index < -0.39 is 11.2 Å². The molecule has 1 heterocycles. The molecular formula is C16H32N6O2. The number of ether oxygens (including phenoxy) is 2. The van der Waals surface area contributed by atoms with Gasteiger partial charge >= 0.3 is 12.0 Å². The van der Waals surface area contributed by atoms with E-state index in [0.717, 1.165) is 0 Å². The van der Waals surface area contributed by atoms with Crippen LogP contribution in [0.15, 0.2) is 0 Å². The highest BCUT2D eigenvalue weighted by Crippen LogP contribution is 2.24. The highest BCUT2D eigenvalue weighted by Gasteiger charge is 2.30. The number of aromatic nitrogens is 4. The van der Waals surface area contributed by atoms with Gasteiger partial charge in [0.2, 0.25) is 0 Å². The average Bonchev–Trinajstić information content (AvgIpc) is 2.24. The van der Waals surface area contributed by atoms with Crippen LogP contribution in [0.25, 0.3) is 0 Å². The Morgan fingerprint density at radius 3 is 1.08 bits per heavy atom. The van der Waals surface area contributed by atoms with Crippen molar-refractivity contribution in [3.63, 3.8) is 0 Å². The molecule has 1 aromatic heterocycles. The van der Waals surface area contributed by atoms with E-state index in [2.05, 4.69) is 20.4 Å². The summed E-state index contributed by atoms with van der Waals surface area (Å²) in [7, 11) is 0. The molecule has 0 spiro atoms. The molecule has 0 saturated heterocycles. The van der Waals surface area contributed by atoms with Gasteiger partial charge in [0.25, 0.3) is 0 Å². The molecule has 138 valence electrons. The van der Waals surface area contributed by atoms with E-state index in [0.29, 0.717) is 12.8 Å². The fourth-order valence-corrected chi connectivity index (χ4v) is 3.05. The zero-order valence-electron chi connectivity index (χ0n) is 16.2. The highest BCUT2D eigenvalue weighted by atomic mass is 16.5. The summed E-state index contributed by atoms with van der Waals surface area (Å²) in [5, 5.41) is 15.7. The van der Waals surface area contributed by atoms with Gasteiger partial charge in [-0.1, -0.05) is 20.4 Å². The van der Waals surface area contributed by atoms with Gasteiger partial charge in [-0.15, -0.1) is 0 Å². The Morgan fingerprint density at radius 2 is 0.875 bits per heavy atom. The number of rotatable bonds is 8. The number of hydrogen-bond donors (Lipinski definition) is 2. The molecule has 0 fully saturated rings. The Labute approximate surface area is 144 Å². The molecule has 24 heavy (non-hydrogen) atoms. The fraction of sp³-hybridized carbons (Fsp3) is 0.875. The molecule has 8 heteroatoms. The third-order valence-corrected chi connectivity index (χ3v) is 2.94. The first-order valence-electron chi connectivity index (χ1n) is 8.10. The topological polar surface area (TPSA) is 122 Å². The number of nitrogens with two attached hydrogens (primary N) is 2. The molecule has 1 rings (SSSR count). The summed E-state index contributed by atoms with van der Waals surface area (Å²) in [5.74, 6) is 0. The van der Waals surface area contributed by atoms with Crippen molar-refractivity contribution in [1.29, 1.82) is 0 Å². The van der Waals surface area contributed by atoms with Gasteiger partial charge in [0, 0.05) is 23.9 Å². The Morgan fingerprint density at radius 1 is 0.625 bits per heavy atom. The van der Waals surface area contributed by atoms with E-state index in [1.165, 1.54) is 0 Å². The lowest BCUT2D eigenvalue weighted by atomic mass is 9.90. The van der Waals surface area contributed by atoms with Gasteiger partial charge in [-0.25, -0.2) is 0 Å². The molecule has 0 atom stereocenters. The first-order valence-corrected chi connectivity index (χ1v) is 8.10. The standard InChI is InChI=1S/C16H32N6O2/c1-13(2,17)9-15(5,6)23-11-19-21-12(22-20-11)24-16(7,8)10-14(3,4)18/h9-10,17-18H2,1-8H3. The predicted molar refractivity (Wildman–Crippen MR) is 92.8 cm³/mol. The van der Waals surface area contributed by atoms with Crippen LogP contribution in [0.1, 0.15) is 68.2 Å². The fourth-order valence-electron chi connectivity index (χ4n) is 3.05. The summed E-state index contributed by atoms with van der Waals surface area (Å²) in [5.41, 5.74) is 10.3. The summed E-state index contributed by atoms with van der Waals surface area (Å²) < 4.78 is 11.5. The molecular weight excluding hydrogens is 308 g/mol. The smallest absolute Gasteiger partial charge is 0.355 e. The lowest BCUT2D eigenvalue weighted by Crippen LogP contribution is -2.44.